The van der Waals surface area contributed by atoms with Crippen molar-refractivity contribution >= 4 is 108 Å². The monoisotopic (exact) mass is 1250 g/mol. The zero-order chi connectivity index (χ0) is 64.8. The standard InChI is InChI=1S/C91H72BN3Si/c1-61-24-16-32-68(52-61)91(69-33-17-25-62(2)53-69,70-34-18-26-63(3)54-70)71-35-22-36-73(58-71)93-86-47-15-12-43-82(86)92-83-44-23-42-79(67-30-8-7-9-31-67)90(83)95(88-60-74(59-87(93)89(88)92)94-84-45-13-10-40-80(84)81-41-11-14-46-85(81)94)72-48-50-75(51-49-72)96(76-37-19-27-64(4)55-76,77-38-20-28-65(5)56-77)78-39-21-29-66(6)57-78/h7-60H,1-6H3. The van der Waals surface area contributed by atoms with E-state index in [-0.39, 0.29) is 6.71 Å². The normalized spacial score (nSPS) is 12.6. The third-order valence-corrected chi connectivity index (χ3v) is 25.4. The van der Waals surface area contributed by atoms with Gasteiger partial charge < -0.3 is 14.4 Å². The van der Waals surface area contributed by atoms with Gasteiger partial charge in [0.25, 0.3) is 6.71 Å². The number of nitrogens with zero attached hydrogens (tertiary/aromatic N) is 3. The highest BCUT2D eigenvalue weighted by atomic mass is 28.3. The number of benzene rings is 14. The van der Waals surface area contributed by atoms with Crippen molar-refractivity contribution in [3.8, 4) is 16.8 Å². The molecule has 0 N–H and O–H groups in total. The Morgan fingerprint density at radius 2 is 0.729 bits per heavy atom. The summed E-state index contributed by atoms with van der Waals surface area (Å²) in [6, 6.07) is 125. The Kier molecular flexibility index (Phi) is 14.2. The molecule has 17 rings (SSSR count). The van der Waals surface area contributed by atoms with E-state index in [0.29, 0.717) is 0 Å². The van der Waals surface area contributed by atoms with E-state index in [1.807, 2.05) is 0 Å². The fourth-order valence-corrected chi connectivity index (χ4v) is 21.8. The second-order valence-electron chi connectivity index (χ2n) is 26.9. The third-order valence-electron chi connectivity index (χ3n) is 20.7. The van der Waals surface area contributed by atoms with Gasteiger partial charge in [-0.1, -0.05) is 306 Å². The molecule has 0 saturated carbocycles. The van der Waals surface area contributed by atoms with Gasteiger partial charge in [0.2, 0.25) is 0 Å². The molecule has 0 amide bonds. The van der Waals surface area contributed by atoms with Crippen LogP contribution in [0, 0.1) is 41.5 Å². The molecule has 0 radical (unpaired) electrons. The molecule has 14 aromatic carbocycles. The molecule has 96 heavy (non-hydrogen) atoms. The van der Waals surface area contributed by atoms with Crippen molar-refractivity contribution in [3.05, 3.63) is 383 Å². The maximum atomic E-state index is 2.64. The average molecular weight is 1250 g/mol. The molecule has 1 aromatic heterocycles. The number of fused-ring (bicyclic) bond motifs is 7. The predicted molar refractivity (Wildman–Crippen MR) is 411 cm³/mol. The molecular formula is C91H72BN3Si. The minimum Gasteiger partial charge on any atom is -0.311 e. The van der Waals surface area contributed by atoms with Gasteiger partial charge in [-0.2, -0.15) is 0 Å². The van der Waals surface area contributed by atoms with Crippen LogP contribution in [0.5, 0.6) is 0 Å². The summed E-state index contributed by atoms with van der Waals surface area (Å²) in [5.74, 6) is 0. The van der Waals surface area contributed by atoms with E-state index in [2.05, 4.69) is 383 Å². The van der Waals surface area contributed by atoms with Crippen molar-refractivity contribution in [2.75, 3.05) is 9.80 Å². The summed E-state index contributed by atoms with van der Waals surface area (Å²) in [4.78, 5) is 5.25. The summed E-state index contributed by atoms with van der Waals surface area (Å²) < 4.78 is 2.52. The van der Waals surface area contributed by atoms with Gasteiger partial charge in [-0.15, -0.1) is 0 Å². The highest BCUT2D eigenvalue weighted by Gasteiger charge is 2.47. The van der Waals surface area contributed by atoms with Gasteiger partial charge in [-0.05, 0) is 161 Å². The maximum absolute atomic E-state index is 2.99. The Labute approximate surface area is 565 Å². The van der Waals surface area contributed by atoms with Crippen molar-refractivity contribution in [1.29, 1.82) is 0 Å². The summed E-state index contributed by atoms with van der Waals surface area (Å²) in [5, 5.41) is 7.88. The van der Waals surface area contributed by atoms with Crippen molar-refractivity contribution < 1.29 is 0 Å². The van der Waals surface area contributed by atoms with Crippen molar-refractivity contribution in [1.82, 2.24) is 4.57 Å². The molecular weight excluding hydrogens is 1170 g/mol. The second kappa shape index (κ2) is 23.3. The molecule has 0 spiro atoms. The molecule has 15 aromatic rings. The number of rotatable bonds is 12. The van der Waals surface area contributed by atoms with Crippen LogP contribution in [-0.4, -0.2) is 19.4 Å². The van der Waals surface area contributed by atoms with Crippen molar-refractivity contribution in [3.63, 3.8) is 0 Å². The van der Waals surface area contributed by atoms with Crippen LogP contribution in [0.1, 0.15) is 55.6 Å². The fraction of sp³-hybridized carbons (Fsp3) is 0.0769. The van der Waals surface area contributed by atoms with Crippen LogP contribution in [0.4, 0.5) is 34.1 Å². The Bertz CT molecular complexity index is 5270. The molecule has 458 valence electrons. The van der Waals surface area contributed by atoms with E-state index in [1.165, 1.54) is 120 Å². The van der Waals surface area contributed by atoms with Crippen LogP contribution in [0.15, 0.2) is 328 Å². The van der Waals surface area contributed by atoms with Gasteiger partial charge in [-0.25, -0.2) is 0 Å². The molecule has 3 heterocycles. The lowest BCUT2D eigenvalue weighted by atomic mass is 9.33. The summed E-state index contributed by atoms with van der Waals surface area (Å²) in [6.07, 6.45) is 0. The molecule has 0 saturated heterocycles. The van der Waals surface area contributed by atoms with E-state index >= 15 is 0 Å². The maximum Gasteiger partial charge on any atom is 0.252 e. The van der Waals surface area contributed by atoms with E-state index in [0.717, 1.165) is 45.2 Å². The van der Waals surface area contributed by atoms with Crippen LogP contribution in [-0.2, 0) is 5.41 Å². The quantitative estimate of drug-likeness (QED) is 0.0892. The number of anilines is 6. The number of para-hydroxylation sites is 4. The van der Waals surface area contributed by atoms with E-state index in [1.54, 1.807) is 0 Å². The number of aromatic nitrogens is 1. The topological polar surface area (TPSA) is 11.4 Å². The van der Waals surface area contributed by atoms with Gasteiger partial charge in [0.1, 0.15) is 0 Å². The van der Waals surface area contributed by atoms with Gasteiger partial charge in [-0.3, -0.25) is 0 Å². The van der Waals surface area contributed by atoms with Gasteiger partial charge >= 0.3 is 0 Å². The summed E-state index contributed by atoms with van der Waals surface area (Å²) in [5.41, 5.74) is 27.9. The first-order chi connectivity index (χ1) is 47.1. The first-order valence-corrected chi connectivity index (χ1v) is 35.7. The molecule has 2 aliphatic heterocycles. The largest absolute Gasteiger partial charge is 0.311 e. The number of aryl methyl sites for hydroxylation is 6. The SMILES string of the molecule is Cc1cccc(C(c2cccc(C)c2)(c2cccc(C)c2)c2cccc(N3c4ccccc4B4c5cccc(-c6ccccc6)c5N(c5ccc([Si](c6cccc(C)c6)(c6cccc(C)c6)c6cccc(C)c6)cc5)c5cc(-n6c7ccccc7c7ccccc76)cc3c54)c2)c1. The second-order valence-corrected chi connectivity index (χ2v) is 30.7. The number of hydrogen-bond acceptors (Lipinski definition) is 2. The minimum absolute atomic E-state index is 0.137. The Balaban J connectivity index is 0.977. The summed E-state index contributed by atoms with van der Waals surface area (Å²) in [6.45, 7) is 13.3. The zero-order valence-corrected chi connectivity index (χ0v) is 56.1. The predicted octanol–water partition coefficient (Wildman–Crippen LogP) is 18.1. The molecule has 3 nitrogen and oxygen atoms in total. The Morgan fingerprint density at radius 3 is 1.26 bits per heavy atom. The summed E-state index contributed by atoms with van der Waals surface area (Å²) in [7, 11) is -2.99. The first kappa shape index (κ1) is 58.6. The third kappa shape index (κ3) is 9.31. The van der Waals surface area contributed by atoms with E-state index in [9.17, 15) is 0 Å². The molecule has 0 fully saturated rings. The van der Waals surface area contributed by atoms with Crippen LogP contribution in [0.25, 0.3) is 38.6 Å². The molecule has 2 aliphatic rings. The van der Waals surface area contributed by atoms with Gasteiger partial charge in [0, 0.05) is 50.5 Å². The molecule has 0 aliphatic carbocycles. The molecule has 0 atom stereocenters. The van der Waals surface area contributed by atoms with Crippen LogP contribution in [0.3, 0.4) is 0 Å². The molecule has 0 unspecified atom stereocenters. The van der Waals surface area contributed by atoms with Crippen molar-refractivity contribution in [2.24, 2.45) is 0 Å². The van der Waals surface area contributed by atoms with Crippen LogP contribution >= 0.6 is 0 Å². The average Bonchev–Trinajstić information content (AvgIpc) is 0.776. The fourth-order valence-electron chi connectivity index (χ4n) is 16.7. The molecule has 0 bridgehead atoms. The minimum atomic E-state index is -2.99. The van der Waals surface area contributed by atoms with Crippen LogP contribution < -0.4 is 46.9 Å². The van der Waals surface area contributed by atoms with Gasteiger partial charge in [0.15, 0.2) is 8.07 Å². The zero-order valence-electron chi connectivity index (χ0n) is 55.1. The lowest BCUT2D eigenvalue weighted by Gasteiger charge is -2.45. The highest BCUT2D eigenvalue weighted by Crippen LogP contribution is 2.51. The summed E-state index contributed by atoms with van der Waals surface area (Å²) >= 11 is 0. The van der Waals surface area contributed by atoms with Gasteiger partial charge in [0.05, 0.1) is 22.1 Å². The highest BCUT2D eigenvalue weighted by molar-refractivity contribution is 7.20. The number of hydrogen-bond donors (Lipinski definition) is 0. The van der Waals surface area contributed by atoms with E-state index < -0.39 is 13.5 Å². The Hall–Kier alpha value is -11.2. The van der Waals surface area contributed by atoms with Crippen LogP contribution in [0.2, 0.25) is 0 Å². The first-order valence-electron chi connectivity index (χ1n) is 33.7. The Morgan fingerprint density at radius 1 is 0.292 bits per heavy atom. The lowest BCUT2D eigenvalue weighted by Crippen LogP contribution is -2.74. The lowest BCUT2D eigenvalue weighted by molar-refractivity contribution is 0.742. The smallest absolute Gasteiger partial charge is 0.252 e. The van der Waals surface area contributed by atoms with Crippen molar-refractivity contribution in [2.45, 2.75) is 47.0 Å². The molecule has 5 heteroatoms. The van der Waals surface area contributed by atoms with E-state index in [4.69, 9.17) is 0 Å².